The van der Waals surface area contributed by atoms with Crippen LogP contribution in [0.1, 0.15) is 51.0 Å². The first-order valence-electron chi connectivity index (χ1n) is 6.83. The second kappa shape index (κ2) is 7.96. The van der Waals surface area contributed by atoms with Gasteiger partial charge in [0.05, 0.1) is 6.07 Å². The fourth-order valence-corrected chi connectivity index (χ4v) is 2.47. The maximum atomic E-state index is 12.5. The number of ketones is 1. The molecule has 0 spiro atoms. The van der Waals surface area contributed by atoms with Crippen molar-refractivity contribution in [3.8, 4) is 6.07 Å². The zero-order valence-corrected chi connectivity index (χ0v) is 12.3. The minimum atomic E-state index is -0.740. The predicted octanol–water partition coefficient (Wildman–Crippen LogP) is 4.73. The molecule has 3 heteroatoms. The van der Waals surface area contributed by atoms with Gasteiger partial charge in [-0.3, -0.25) is 4.79 Å². The Morgan fingerprint density at radius 2 is 2.05 bits per heavy atom. The van der Waals surface area contributed by atoms with Crippen molar-refractivity contribution in [2.24, 2.45) is 5.92 Å². The van der Waals surface area contributed by atoms with E-state index in [1.165, 1.54) is 0 Å². The summed E-state index contributed by atoms with van der Waals surface area (Å²) < 4.78 is 0. The Morgan fingerprint density at radius 3 is 2.58 bits per heavy atom. The zero-order chi connectivity index (χ0) is 14.3. The Hall–Kier alpha value is -1.33. The third kappa shape index (κ3) is 4.08. The molecule has 2 nitrogen and oxygen atoms in total. The minimum Gasteiger partial charge on any atom is -0.298 e. The molecule has 0 amide bonds. The first kappa shape index (κ1) is 15.7. The van der Waals surface area contributed by atoms with E-state index in [4.69, 9.17) is 11.6 Å². The summed E-state index contributed by atoms with van der Waals surface area (Å²) >= 11 is 6.09. The lowest BCUT2D eigenvalue weighted by molar-refractivity contribution is -0.123. The molecule has 0 heterocycles. The van der Waals surface area contributed by atoms with Gasteiger partial charge in [-0.15, -0.1) is 0 Å². The van der Waals surface area contributed by atoms with Crippen LogP contribution in [0.15, 0.2) is 24.3 Å². The van der Waals surface area contributed by atoms with Crippen LogP contribution in [0.4, 0.5) is 0 Å². The fourth-order valence-electron chi connectivity index (χ4n) is 2.23. The van der Waals surface area contributed by atoms with E-state index >= 15 is 0 Å². The van der Waals surface area contributed by atoms with Crippen molar-refractivity contribution < 1.29 is 4.79 Å². The monoisotopic (exact) mass is 277 g/mol. The highest BCUT2D eigenvalue weighted by molar-refractivity contribution is 6.31. The number of carbonyl (C=O) groups is 1. The molecule has 0 aliphatic heterocycles. The van der Waals surface area contributed by atoms with Crippen molar-refractivity contribution in [3.63, 3.8) is 0 Å². The molecule has 0 fully saturated rings. The van der Waals surface area contributed by atoms with E-state index in [2.05, 4.69) is 13.0 Å². The molecule has 0 aliphatic rings. The molecule has 1 aromatic rings. The van der Waals surface area contributed by atoms with Crippen molar-refractivity contribution in [2.45, 2.75) is 45.4 Å². The smallest absolute Gasteiger partial charge is 0.157 e. The molecule has 2 unspecified atom stereocenters. The summed E-state index contributed by atoms with van der Waals surface area (Å²) in [6.45, 7) is 4.10. The summed E-state index contributed by atoms with van der Waals surface area (Å²) in [5.74, 6) is -0.775. The number of benzene rings is 1. The van der Waals surface area contributed by atoms with Crippen LogP contribution >= 0.6 is 11.6 Å². The molecule has 102 valence electrons. The summed E-state index contributed by atoms with van der Waals surface area (Å²) in [7, 11) is 0. The van der Waals surface area contributed by atoms with Gasteiger partial charge in [0.25, 0.3) is 0 Å². The average Bonchev–Trinajstić information content (AvgIpc) is 2.42. The largest absolute Gasteiger partial charge is 0.298 e. The number of halogens is 1. The quantitative estimate of drug-likeness (QED) is 0.723. The second-order valence-corrected chi connectivity index (χ2v) is 5.14. The van der Waals surface area contributed by atoms with Gasteiger partial charge >= 0.3 is 0 Å². The Morgan fingerprint density at radius 1 is 1.37 bits per heavy atom. The van der Waals surface area contributed by atoms with Crippen LogP contribution in [0, 0.1) is 17.2 Å². The van der Waals surface area contributed by atoms with E-state index in [1.807, 2.05) is 13.0 Å². The normalized spacial score (nSPS) is 13.6. The molecule has 0 saturated carbocycles. The van der Waals surface area contributed by atoms with E-state index in [0.29, 0.717) is 10.6 Å². The van der Waals surface area contributed by atoms with Gasteiger partial charge in [-0.1, -0.05) is 56.5 Å². The predicted molar refractivity (Wildman–Crippen MR) is 78.1 cm³/mol. The standard InChI is InChI=1S/C16H20ClNO/c1-3-5-8-12(4-2)16(19)14(11-18)13-9-6-7-10-15(13)17/h6-7,9-10,12,14H,3-5,8H2,1-2H3. The Balaban J connectivity index is 2.94. The molecule has 0 bridgehead atoms. The van der Waals surface area contributed by atoms with Gasteiger partial charge in [-0.2, -0.15) is 5.26 Å². The van der Waals surface area contributed by atoms with Crippen molar-refractivity contribution in [2.75, 3.05) is 0 Å². The highest BCUT2D eigenvalue weighted by atomic mass is 35.5. The highest BCUT2D eigenvalue weighted by Gasteiger charge is 2.28. The van der Waals surface area contributed by atoms with Crippen molar-refractivity contribution in [1.82, 2.24) is 0 Å². The maximum Gasteiger partial charge on any atom is 0.157 e. The number of unbranched alkanes of at least 4 members (excludes halogenated alkanes) is 1. The van der Waals surface area contributed by atoms with Gasteiger partial charge in [0.2, 0.25) is 0 Å². The molecule has 0 aromatic heterocycles. The lowest BCUT2D eigenvalue weighted by Crippen LogP contribution is -2.21. The summed E-state index contributed by atoms with van der Waals surface area (Å²) in [5, 5.41) is 9.81. The fraction of sp³-hybridized carbons (Fsp3) is 0.500. The van der Waals surface area contributed by atoms with Crippen molar-refractivity contribution in [3.05, 3.63) is 34.9 Å². The van der Waals surface area contributed by atoms with E-state index in [1.54, 1.807) is 18.2 Å². The van der Waals surface area contributed by atoms with Crippen LogP contribution in [0.5, 0.6) is 0 Å². The molecular weight excluding hydrogens is 258 g/mol. The molecule has 0 saturated heterocycles. The van der Waals surface area contributed by atoms with Crippen LogP contribution in [0.2, 0.25) is 5.02 Å². The summed E-state index contributed by atoms with van der Waals surface area (Å²) in [4.78, 5) is 12.5. The second-order valence-electron chi connectivity index (χ2n) is 4.73. The number of Topliss-reactive ketones (excluding diaryl/α,β-unsaturated/α-hetero) is 1. The van der Waals surface area contributed by atoms with E-state index in [0.717, 1.165) is 25.7 Å². The number of hydrogen-bond donors (Lipinski definition) is 0. The van der Waals surface area contributed by atoms with Gasteiger partial charge in [-0.05, 0) is 24.5 Å². The Bertz CT molecular complexity index is 464. The van der Waals surface area contributed by atoms with E-state index in [-0.39, 0.29) is 11.7 Å². The zero-order valence-electron chi connectivity index (χ0n) is 11.5. The third-order valence-corrected chi connectivity index (χ3v) is 3.78. The molecule has 0 radical (unpaired) electrons. The SMILES string of the molecule is CCCCC(CC)C(=O)C(C#N)c1ccccc1Cl. The lowest BCUT2D eigenvalue weighted by Gasteiger charge is -2.17. The Labute approximate surface area is 120 Å². The molecule has 0 aliphatic carbocycles. The first-order valence-corrected chi connectivity index (χ1v) is 7.21. The summed E-state index contributed by atoms with van der Waals surface area (Å²) in [5.41, 5.74) is 0.631. The number of carbonyl (C=O) groups excluding carboxylic acids is 1. The minimum absolute atomic E-state index is 0.00606. The third-order valence-electron chi connectivity index (χ3n) is 3.43. The van der Waals surface area contributed by atoms with Crippen LogP contribution in [-0.4, -0.2) is 5.78 Å². The number of nitriles is 1. The first-order chi connectivity index (χ1) is 9.15. The van der Waals surface area contributed by atoms with Gasteiger partial charge in [0.1, 0.15) is 5.92 Å². The maximum absolute atomic E-state index is 12.5. The molecule has 2 atom stereocenters. The van der Waals surface area contributed by atoms with Crippen molar-refractivity contribution >= 4 is 17.4 Å². The topological polar surface area (TPSA) is 40.9 Å². The molecule has 1 aromatic carbocycles. The van der Waals surface area contributed by atoms with E-state index < -0.39 is 5.92 Å². The van der Waals surface area contributed by atoms with Crippen LogP contribution in [0.25, 0.3) is 0 Å². The van der Waals surface area contributed by atoms with Gasteiger partial charge in [0, 0.05) is 10.9 Å². The van der Waals surface area contributed by atoms with Crippen LogP contribution in [0.3, 0.4) is 0 Å². The van der Waals surface area contributed by atoms with Gasteiger partial charge in [-0.25, -0.2) is 0 Å². The van der Waals surface area contributed by atoms with Gasteiger partial charge in [0.15, 0.2) is 5.78 Å². The number of hydrogen-bond acceptors (Lipinski definition) is 2. The molecular formula is C16H20ClNO. The molecule has 19 heavy (non-hydrogen) atoms. The summed E-state index contributed by atoms with van der Waals surface area (Å²) in [6, 6.07) is 9.22. The summed E-state index contributed by atoms with van der Waals surface area (Å²) in [6.07, 6.45) is 3.72. The van der Waals surface area contributed by atoms with Gasteiger partial charge < -0.3 is 0 Å². The van der Waals surface area contributed by atoms with Crippen LogP contribution < -0.4 is 0 Å². The number of rotatable bonds is 7. The van der Waals surface area contributed by atoms with Crippen molar-refractivity contribution in [1.29, 1.82) is 5.26 Å². The average molecular weight is 278 g/mol. The molecule has 1 rings (SSSR count). The van der Waals surface area contributed by atoms with E-state index in [9.17, 15) is 10.1 Å². The van der Waals surface area contributed by atoms with Crippen LogP contribution in [-0.2, 0) is 4.79 Å². The lowest BCUT2D eigenvalue weighted by atomic mass is 9.84. The number of nitrogens with zero attached hydrogens (tertiary/aromatic N) is 1. The highest BCUT2D eigenvalue weighted by Crippen LogP contribution is 2.29. The molecule has 0 N–H and O–H groups in total. The Kier molecular flexibility index (Phi) is 6.59.